The Hall–Kier alpha value is -3.07. The van der Waals surface area contributed by atoms with E-state index in [0.717, 1.165) is 17.1 Å². The van der Waals surface area contributed by atoms with Crippen molar-refractivity contribution in [3.63, 3.8) is 0 Å². The molecule has 1 aromatic heterocycles. The minimum atomic E-state index is 0.0596. The van der Waals surface area contributed by atoms with Crippen LogP contribution >= 0.6 is 0 Å². The first-order valence-corrected chi connectivity index (χ1v) is 13.5. The molecule has 0 spiro atoms. The summed E-state index contributed by atoms with van der Waals surface area (Å²) in [6.45, 7) is 24.5. The van der Waals surface area contributed by atoms with Crippen LogP contribution in [0.4, 0.5) is 11.4 Å². The lowest BCUT2D eigenvalue weighted by Crippen LogP contribution is -2.14. The number of aromatic nitrogens is 1. The molecule has 0 aliphatic carbocycles. The van der Waals surface area contributed by atoms with E-state index >= 15 is 0 Å². The molecule has 0 bridgehead atoms. The maximum atomic E-state index is 5.04. The molecular formula is C33H45N3. The van der Waals surface area contributed by atoms with Gasteiger partial charge in [-0.25, -0.2) is 4.98 Å². The first kappa shape index (κ1) is 27.5. The average Bonchev–Trinajstić information content (AvgIpc) is 2.83. The van der Waals surface area contributed by atoms with Crippen molar-refractivity contribution in [2.45, 2.75) is 92.0 Å². The molecule has 0 saturated carbocycles. The number of para-hydroxylation sites is 2. The zero-order valence-electron chi connectivity index (χ0n) is 23.7. The molecule has 0 aliphatic heterocycles. The van der Waals surface area contributed by atoms with Crippen molar-refractivity contribution >= 4 is 17.1 Å². The highest BCUT2D eigenvalue weighted by Gasteiger charge is 2.18. The Kier molecular flexibility index (Phi) is 9.00. The summed E-state index contributed by atoms with van der Waals surface area (Å²) >= 11 is 0. The molecule has 192 valence electrons. The fourth-order valence-corrected chi connectivity index (χ4v) is 4.78. The van der Waals surface area contributed by atoms with Gasteiger partial charge in [0.25, 0.3) is 0 Å². The number of nitrogens with zero attached hydrogens (tertiary/aromatic N) is 1. The van der Waals surface area contributed by atoms with Crippen molar-refractivity contribution < 1.29 is 0 Å². The first-order valence-electron chi connectivity index (χ1n) is 13.5. The second-order valence-corrected chi connectivity index (χ2v) is 11.2. The maximum absolute atomic E-state index is 5.04. The highest BCUT2D eigenvalue weighted by atomic mass is 15.0. The third-order valence-corrected chi connectivity index (χ3v) is 6.91. The Morgan fingerprint density at radius 1 is 0.611 bits per heavy atom. The Balaban J connectivity index is 1.91. The number of nitrogens with one attached hydrogen (secondary N) is 2. The van der Waals surface area contributed by atoms with Gasteiger partial charge in [0, 0.05) is 11.4 Å². The zero-order chi connectivity index (χ0) is 26.6. The van der Waals surface area contributed by atoms with Crippen LogP contribution in [0.1, 0.15) is 126 Å². The molecule has 1 heterocycles. The van der Waals surface area contributed by atoms with Crippen LogP contribution in [0.25, 0.3) is 5.70 Å². The van der Waals surface area contributed by atoms with E-state index in [2.05, 4.69) is 128 Å². The number of pyridine rings is 1. The summed E-state index contributed by atoms with van der Waals surface area (Å²) in [5, 5.41) is 7.45. The summed E-state index contributed by atoms with van der Waals surface area (Å²) in [6, 6.07) is 19.5. The number of anilines is 2. The maximum Gasteiger partial charge on any atom is 0.0862 e. The van der Waals surface area contributed by atoms with E-state index in [4.69, 9.17) is 4.98 Å². The molecule has 2 aromatic carbocycles. The number of hydrogen-bond donors (Lipinski definition) is 2. The molecule has 0 fully saturated rings. The van der Waals surface area contributed by atoms with Gasteiger partial charge in [0.15, 0.2) is 0 Å². The monoisotopic (exact) mass is 483 g/mol. The highest BCUT2D eigenvalue weighted by molar-refractivity contribution is 5.77. The average molecular weight is 484 g/mol. The highest BCUT2D eigenvalue weighted by Crippen LogP contribution is 2.36. The van der Waals surface area contributed by atoms with Crippen molar-refractivity contribution in [3.8, 4) is 0 Å². The van der Waals surface area contributed by atoms with Gasteiger partial charge < -0.3 is 10.6 Å². The summed E-state index contributed by atoms with van der Waals surface area (Å²) in [5.41, 5.74) is 10.4. The predicted molar refractivity (Wildman–Crippen MR) is 158 cm³/mol. The van der Waals surface area contributed by atoms with Gasteiger partial charge in [-0.1, -0.05) is 104 Å². The summed E-state index contributed by atoms with van der Waals surface area (Å²) in [6.07, 6.45) is 0. The second-order valence-electron chi connectivity index (χ2n) is 11.2. The van der Waals surface area contributed by atoms with E-state index in [1.54, 1.807) is 0 Å². The number of rotatable bonds is 10. The number of benzene rings is 2. The van der Waals surface area contributed by atoms with Gasteiger partial charge in [-0.3, -0.25) is 0 Å². The zero-order valence-corrected chi connectivity index (χ0v) is 23.7. The van der Waals surface area contributed by atoms with Crippen LogP contribution in [0.15, 0.2) is 61.2 Å². The lowest BCUT2D eigenvalue weighted by atomic mass is 9.92. The molecule has 36 heavy (non-hydrogen) atoms. The summed E-state index contributed by atoms with van der Waals surface area (Å²) in [5.74, 6) is 1.72. The Morgan fingerprint density at radius 2 is 1.03 bits per heavy atom. The van der Waals surface area contributed by atoms with E-state index in [-0.39, 0.29) is 6.04 Å². The van der Waals surface area contributed by atoms with Gasteiger partial charge >= 0.3 is 0 Å². The molecule has 0 aliphatic rings. The lowest BCUT2D eigenvalue weighted by molar-refractivity contribution is 0.795. The topological polar surface area (TPSA) is 37.0 Å². The van der Waals surface area contributed by atoms with Crippen LogP contribution in [0.3, 0.4) is 0 Å². The van der Waals surface area contributed by atoms with Gasteiger partial charge in [0.2, 0.25) is 0 Å². The van der Waals surface area contributed by atoms with Crippen LogP contribution in [0.5, 0.6) is 0 Å². The Bertz CT molecular complexity index is 1130. The molecule has 2 N–H and O–H groups in total. The fraction of sp³-hybridized carbons (Fsp3) is 0.424. The molecule has 3 nitrogen and oxygen atoms in total. The third kappa shape index (κ3) is 6.19. The molecule has 0 amide bonds. The van der Waals surface area contributed by atoms with E-state index in [1.807, 2.05) is 6.07 Å². The predicted octanol–water partition coefficient (Wildman–Crippen LogP) is 9.83. The Morgan fingerprint density at radius 3 is 1.47 bits per heavy atom. The number of hydrogen-bond acceptors (Lipinski definition) is 3. The quantitative estimate of drug-likeness (QED) is 0.301. The Labute approximate surface area is 219 Å². The van der Waals surface area contributed by atoms with Crippen molar-refractivity contribution in [1.82, 2.24) is 4.98 Å². The molecule has 0 saturated heterocycles. The lowest BCUT2D eigenvalue weighted by Gasteiger charge is -2.25. The van der Waals surface area contributed by atoms with Crippen LogP contribution in [0, 0.1) is 0 Å². The normalized spacial score (nSPS) is 12.5. The largest absolute Gasteiger partial charge is 0.376 e. The second kappa shape index (κ2) is 11.8. The minimum absolute atomic E-state index is 0.0596. The minimum Gasteiger partial charge on any atom is -0.376 e. The van der Waals surface area contributed by atoms with Gasteiger partial charge in [-0.05, 0) is 65.0 Å². The molecule has 3 aromatic rings. The molecule has 0 radical (unpaired) electrons. The van der Waals surface area contributed by atoms with E-state index < -0.39 is 0 Å². The van der Waals surface area contributed by atoms with Gasteiger partial charge in [0.1, 0.15) is 0 Å². The van der Waals surface area contributed by atoms with Crippen molar-refractivity contribution in [2.24, 2.45) is 0 Å². The van der Waals surface area contributed by atoms with Gasteiger partial charge in [-0.15, -0.1) is 0 Å². The van der Waals surface area contributed by atoms with Gasteiger partial charge in [0.05, 0.1) is 23.1 Å². The van der Waals surface area contributed by atoms with Crippen LogP contribution in [-0.2, 0) is 0 Å². The summed E-state index contributed by atoms with van der Waals surface area (Å²) in [7, 11) is 0. The SMILES string of the molecule is C=C(Nc1c(C(C)C)cccc1C(C)C)c1cccc(C(C)Nc2c(C(C)C)cccc2C(C)C)n1. The fourth-order valence-electron chi connectivity index (χ4n) is 4.78. The van der Waals surface area contributed by atoms with Gasteiger partial charge in [-0.2, -0.15) is 0 Å². The third-order valence-electron chi connectivity index (χ3n) is 6.91. The molecular weight excluding hydrogens is 438 g/mol. The molecule has 1 atom stereocenters. The van der Waals surface area contributed by atoms with E-state index in [0.29, 0.717) is 23.7 Å². The van der Waals surface area contributed by atoms with E-state index in [1.165, 1.54) is 33.6 Å². The molecule has 1 unspecified atom stereocenters. The van der Waals surface area contributed by atoms with Crippen molar-refractivity contribution in [1.29, 1.82) is 0 Å². The summed E-state index contributed by atoms with van der Waals surface area (Å²) < 4.78 is 0. The summed E-state index contributed by atoms with van der Waals surface area (Å²) in [4.78, 5) is 5.04. The van der Waals surface area contributed by atoms with Crippen LogP contribution in [-0.4, -0.2) is 4.98 Å². The van der Waals surface area contributed by atoms with Crippen molar-refractivity contribution in [3.05, 3.63) is 94.8 Å². The standard InChI is InChI=1S/C33H45N3/c1-20(2)26-14-11-15-27(21(3)4)32(26)34-24(9)30-18-13-19-31(36-30)25(10)35-33-28(22(5)6)16-12-17-29(33)23(7)8/h11-23,25,34-35H,9H2,1-8,10H3. The van der Waals surface area contributed by atoms with E-state index in [9.17, 15) is 0 Å². The molecule has 3 rings (SSSR count). The van der Waals surface area contributed by atoms with Crippen LogP contribution in [0.2, 0.25) is 0 Å². The van der Waals surface area contributed by atoms with Crippen LogP contribution < -0.4 is 10.6 Å². The van der Waals surface area contributed by atoms with Crippen molar-refractivity contribution in [2.75, 3.05) is 10.6 Å². The smallest absolute Gasteiger partial charge is 0.0862 e. The molecule has 3 heteroatoms. The first-order chi connectivity index (χ1) is 17.0.